The largest absolute Gasteiger partial charge is 0.748 e. The molecule has 2 aliphatic carbocycles. The van der Waals surface area contributed by atoms with Crippen LogP contribution in [0.25, 0.3) is 45.3 Å². The maximum atomic E-state index is 14.2. The number of fused-ring (bicyclic) bond motifs is 13. The van der Waals surface area contributed by atoms with Crippen LogP contribution in [0.3, 0.4) is 0 Å². The number of ether oxygens (including phenoxy) is 1. The first-order chi connectivity index (χ1) is 55.0. The Kier molecular flexibility index (Phi) is 24.4. The maximum absolute atomic E-state index is 14.2. The minimum absolute atomic E-state index is 0.0437. The van der Waals surface area contributed by atoms with E-state index in [4.69, 9.17) is 4.74 Å². The topological polar surface area (TPSA) is 262 Å². The van der Waals surface area contributed by atoms with Crippen molar-refractivity contribution in [1.29, 1.82) is 0 Å². The summed E-state index contributed by atoms with van der Waals surface area (Å²) in [6.45, 7) is 26.2. The van der Waals surface area contributed by atoms with Crippen LogP contribution in [0.1, 0.15) is 234 Å². The highest BCUT2D eigenvalue weighted by Gasteiger charge is 2.47. The third-order valence-corrected chi connectivity index (χ3v) is 27.6. The zero-order valence-electron chi connectivity index (χ0n) is 68.3. The van der Waals surface area contributed by atoms with Gasteiger partial charge in [0.2, 0.25) is 11.6 Å². The molecule has 3 atom stereocenters. The maximum Gasteiger partial charge on any atom is 0.264 e. The summed E-state index contributed by atoms with van der Waals surface area (Å²) in [5.74, 6) is -1.26. The van der Waals surface area contributed by atoms with Gasteiger partial charge in [-0.2, -0.15) is 13.0 Å². The van der Waals surface area contributed by atoms with Gasteiger partial charge in [0.05, 0.1) is 33.1 Å². The Morgan fingerprint density at radius 2 is 1.45 bits per heavy atom. The predicted molar refractivity (Wildman–Crippen MR) is 464 cm³/mol. The molecule has 115 heavy (non-hydrogen) atoms. The third-order valence-electron chi connectivity index (χ3n) is 24.8. The van der Waals surface area contributed by atoms with Gasteiger partial charge >= 0.3 is 0 Å². The van der Waals surface area contributed by atoms with Crippen molar-refractivity contribution in [3.8, 4) is 0 Å². The molecule has 1 fully saturated rings. The molecule has 6 aliphatic rings. The van der Waals surface area contributed by atoms with Crippen LogP contribution in [0.15, 0.2) is 159 Å². The molecular weight excluding hydrogens is 1500 g/mol. The number of carbonyl (C=O) groups excluding carboxylic acids is 3. The van der Waals surface area contributed by atoms with Crippen LogP contribution >= 0.6 is 11.8 Å². The Morgan fingerprint density at radius 3 is 2.18 bits per heavy atom. The lowest BCUT2D eigenvalue weighted by molar-refractivity contribution is -0.438. The molecule has 0 radical (unpaired) electrons. The lowest BCUT2D eigenvalue weighted by Crippen LogP contribution is -2.34. The first-order valence-corrected chi connectivity index (χ1v) is 45.3. The minimum Gasteiger partial charge on any atom is -0.748 e. The van der Waals surface area contributed by atoms with Crippen LogP contribution < -0.4 is 31.5 Å². The summed E-state index contributed by atoms with van der Waals surface area (Å²) in [5, 5.41) is 16.6. The summed E-state index contributed by atoms with van der Waals surface area (Å²) in [4.78, 5) is 58.1. The van der Waals surface area contributed by atoms with E-state index in [0.717, 1.165) is 177 Å². The number of amides is 2. The zero-order valence-corrected chi connectivity index (χ0v) is 70.8. The third kappa shape index (κ3) is 17.1. The Morgan fingerprint density at radius 1 is 0.748 bits per heavy atom. The summed E-state index contributed by atoms with van der Waals surface area (Å²) < 4.78 is 78.0. The molecule has 18 nitrogen and oxygen atoms in total. The van der Waals surface area contributed by atoms with E-state index in [1.807, 2.05) is 43.3 Å². The zero-order chi connectivity index (χ0) is 81.4. The SMILES string of the molecule is CCCCCCOC(C)c1c2[nH]c(c1C)C=C1NC(=C3CC(=O)c4c3[nH]c(c4C)C=c3[nH]c(c(C)c3CC)=C2)[C@@H](CCC(=O)NCCNC(=O)c2ccc(SC3=C(/C=C/C4=[N+](CCCCS(=O)(=O)[O-])c5ccc6ccccc6c5C4(C)C)CCC/C3=C\C=C3\N(CCCCS(=O)(=O)O)c4ccc5ccccc5c4C3(C)C)cc2)[C@@H]1C. The Hall–Kier alpha value is -9.35. The number of Topliss-reactive ketones (excluding diaryl/α,β-unsaturated/α-hetero) is 1. The molecule has 21 heteroatoms. The van der Waals surface area contributed by atoms with Crippen LogP contribution in [0.5, 0.6) is 0 Å². The Bertz CT molecular complexity index is 5800. The monoisotopic (exact) mass is 1610 g/mol. The van der Waals surface area contributed by atoms with Crippen molar-refractivity contribution in [1.82, 2.24) is 30.9 Å². The van der Waals surface area contributed by atoms with Gasteiger partial charge in [0, 0.05) is 169 Å². The number of allylic oxidation sites excluding steroid dienone is 10. The number of rotatable bonds is 30. The standard InChI is InChI=1S/C94H110N8O10S3/c1-12-14-15-22-50-112-61(7)85-59(5)75-54-74-58(4)69(89(99-74)72-53-81(103)86-60(6)76(100-90(72)86)55-77-68(13-2)57(3)73(97-77)56-78(85)98-75)40-45-84(104)95-46-47-96-92(105)66-32-38-67(39-33-66)113-91-64(36-43-82-93(8,9)87-70-30-18-16-26-62(70)34-41-79(87)101(82)48-20-23-51-114(106,107)108)28-25-29-65(91)37-44-83-94(10,11)88-71-31-19-17-27-63(71)35-42-80(88)102(83)49-21-24-52-115(109,110)111/h16-19,26-27,30-39,41-44,54-56,58,61,69,97-98H,12-15,20-25,28-29,40,45-53H2,1-11H3,(H5-,95,96,99,100,103,104,105,106,107,108,109,110,111)/t58-,61?,69-/m0/s1. The van der Waals surface area contributed by atoms with Crippen LogP contribution in [0.4, 0.5) is 11.4 Å². The van der Waals surface area contributed by atoms with Gasteiger partial charge in [0.25, 0.3) is 16.0 Å². The van der Waals surface area contributed by atoms with E-state index in [0.29, 0.717) is 56.5 Å². The number of carbonyl (C=O) groups is 3. The average molecular weight is 1610 g/mol. The number of anilines is 1. The summed E-state index contributed by atoms with van der Waals surface area (Å²) in [5.41, 5.74) is 21.2. The van der Waals surface area contributed by atoms with Gasteiger partial charge in [-0.15, -0.1) is 0 Å². The Balaban J connectivity index is 0.713. The lowest BCUT2D eigenvalue weighted by Gasteiger charge is -2.28. The highest BCUT2D eigenvalue weighted by molar-refractivity contribution is 8.03. The molecule has 604 valence electrons. The molecule has 1 saturated heterocycles. The van der Waals surface area contributed by atoms with Crippen molar-refractivity contribution < 1.29 is 49.6 Å². The molecule has 3 aromatic heterocycles. The molecule has 8 bridgehead atoms. The molecule has 4 aliphatic heterocycles. The number of hydrogen-bond acceptors (Lipinski definition) is 12. The number of thioether (sulfide) groups is 1. The highest BCUT2D eigenvalue weighted by atomic mass is 32.2. The first kappa shape index (κ1) is 82.2. The molecule has 7 N–H and O–H groups in total. The van der Waals surface area contributed by atoms with Gasteiger partial charge in [-0.05, 0) is 221 Å². The number of benzene rings is 5. The molecule has 0 saturated carbocycles. The van der Waals surface area contributed by atoms with Crippen LogP contribution in [0.2, 0.25) is 0 Å². The van der Waals surface area contributed by atoms with Crippen molar-refractivity contribution in [2.75, 3.05) is 49.2 Å². The molecule has 2 amide bonds. The molecule has 5 aromatic carbocycles. The number of aromatic amines is 3. The summed E-state index contributed by atoms with van der Waals surface area (Å²) >= 11 is 1.65. The van der Waals surface area contributed by atoms with Crippen molar-refractivity contribution in [3.63, 3.8) is 0 Å². The number of unbranched alkanes of at least 4 members (excludes halogenated alkanes) is 5. The van der Waals surface area contributed by atoms with Crippen molar-refractivity contribution >= 4 is 112 Å². The summed E-state index contributed by atoms with van der Waals surface area (Å²) in [7, 11) is -8.54. The second kappa shape index (κ2) is 34.1. The van der Waals surface area contributed by atoms with E-state index in [1.165, 1.54) is 28.7 Å². The number of H-pyrrole nitrogens is 3. The normalized spacial score (nSPS) is 18.6. The fourth-order valence-electron chi connectivity index (χ4n) is 18.8. The van der Waals surface area contributed by atoms with E-state index < -0.39 is 36.8 Å². The minimum atomic E-state index is -4.39. The van der Waals surface area contributed by atoms with Crippen LogP contribution in [-0.2, 0) is 47.0 Å². The fraction of sp³-hybridized carbons (Fsp3) is 0.404. The van der Waals surface area contributed by atoms with E-state index in [9.17, 15) is 40.3 Å². The van der Waals surface area contributed by atoms with E-state index in [-0.39, 0.29) is 73.6 Å². The first-order valence-electron chi connectivity index (χ1n) is 41.3. The predicted octanol–water partition coefficient (Wildman–Crippen LogP) is 17.4. The molecule has 7 heterocycles. The van der Waals surface area contributed by atoms with Crippen LogP contribution in [-0.4, -0.2) is 113 Å². The second-order valence-corrected chi connectivity index (χ2v) is 37.3. The van der Waals surface area contributed by atoms with Crippen LogP contribution in [0, 0.1) is 32.6 Å². The van der Waals surface area contributed by atoms with Gasteiger partial charge in [-0.3, -0.25) is 18.9 Å². The number of nitrogens with one attached hydrogen (secondary N) is 6. The molecular formula is C94H110N8O10S3. The lowest BCUT2D eigenvalue weighted by atomic mass is 9.78. The smallest absolute Gasteiger partial charge is 0.264 e. The van der Waals surface area contributed by atoms with Gasteiger partial charge in [0.15, 0.2) is 11.5 Å². The van der Waals surface area contributed by atoms with E-state index in [1.54, 1.807) is 11.8 Å². The van der Waals surface area contributed by atoms with E-state index in [2.05, 4.69) is 213 Å². The van der Waals surface area contributed by atoms with Gasteiger partial charge in [-0.25, -0.2) is 8.42 Å². The number of aromatic nitrogens is 3. The summed E-state index contributed by atoms with van der Waals surface area (Å²) in [6.07, 6.45) is 25.7. The molecule has 14 rings (SSSR count). The molecule has 1 unspecified atom stereocenters. The van der Waals surface area contributed by atoms with Crippen molar-refractivity contribution in [2.45, 2.75) is 194 Å². The fourth-order valence-corrected chi connectivity index (χ4v) is 21.0. The number of nitrogens with zero attached hydrogens (tertiary/aromatic N) is 2. The van der Waals surface area contributed by atoms with Crippen molar-refractivity contribution in [2.24, 2.45) is 11.8 Å². The quantitative estimate of drug-likeness (QED) is 0.0126. The summed E-state index contributed by atoms with van der Waals surface area (Å²) in [6, 6.07) is 33.0. The Labute approximate surface area is 681 Å². The van der Waals surface area contributed by atoms with Crippen molar-refractivity contribution in [3.05, 3.63) is 238 Å². The van der Waals surface area contributed by atoms with Gasteiger partial charge in [-0.1, -0.05) is 132 Å². The molecule has 8 aromatic rings. The number of hydrogen-bond donors (Lipinski definition) is 7. The highest BCUT2D eigenvalue weighted by Crippen LogP contribution is 2.53. The molecule has 0 spiro atoms. The second-order valence-electron chi connectivity index (χ2n) is 33.1. The average Bonchev–Trinajstić information content (AvgIpc) is 1.65. The van der Waals surface area contributed by atoms with Gasteiger partial charge in [0.1, 0.15) is 6.54 Å². The van der Waals surface area contributed by atoms with Gasteiger partial charge < -0.3 is 45.1 Å². The van der Waals surface area contributed by atoms with E-state index >= 15 is 0 Å². The number of ketones is 1.